The first-order chi connectivity index (χ1) is 11.7. The van der Waals surface area contributed by atoms with Gasteiger partial charge in [0, 0.05) is 30.0 Å². The number of ether oxygens (including phenoxy) is 1. The first-order valence-corrected chi connectivity index (χ1v) is 7.68. The third-order valence-electron chi connectivity index (χ3n) is 3.31. The van der Waals surface area contributed by atoms with Crippen LogP contribution < -0.4 is 15.4 Å². The van der Waals surface area contributed by atoms with E-state index in [1.54, 1.807) is 37.7 Å². The van der Waals surface area contributed by atoms with Gasteiger partial charge in [-0.3, -0.25) is 4.98 Å². The monoisotopic (exact) mass is 341 g/mol. The van der Waals surface area contributed by atoms with Gasteiger partial charge >= 0.3 is 0 Å². The van der Waals surface area contributed by atoms with Crippen molar-refractivity contribution in [3.05, 3.63) is 65.7 Å². The molecule has 0 amide bonds. The number of nitrogens with zero attached hydrogens (tertiary/aromatic N) is 3. The number of anilines is 3. The molecule has 0 saturated heterocycles. The number of rotatable bonds is 6. The maximum Gasteiger partial charge on any atom is 0.142 e. The van der Waals surface area contributed by atoms with Crippen LogP contribution in [0.15, 0.2) is 55.1 Å². The van der Waals surface area contributed by atoms with E-state index in [0.717, 1.165) is 11.3 Å². The maximum absolute atomic E-state index is 6.04. The molecule has 6 nitrogen and oxygen atoms in total. The summed E-state index contributed by atoms with van der Waals surface area (Å²) in [5, 5.41) is 7.06. The number of nitrogens with one attached hydrogen (secondary N) is 2. The Morgan fingerprint density at radius 1 is 1.04 bits per heavy atom. The number of benzene rings is 1. The van der Waals surface area contributed by atoms with E-state index in [-0.39, 0.29) is 0 Å². The minimum absolute atomic E-state index is 0.614. The molecular formula is C17H16ClN5O. The van der Waals surface area contributed by atoms with Crippen molar-refractivity contribution in [2.75, 3.05) is 17.7 Å². The van der Waals surface area contributed by atoms with E-state index in [0.29, 0.717) is 29.0 Å². The van der Waals surface area contributed by atoms with Crippen molar-refractivity contribution in [3.63, 3.8) is 0 Å². The normalized spacial score (nSPS) is 10.2. The maximum atomic E-state index is 6.04. The highest BCUT2D eigenvalue weighted by Gasteiger charge is 2.06. The molecule has 0 saturated carbocycles. The lowest BCUT2D eigenvalue weighted by molar-refractivity contribution is 0.417. The van der Waals surface area contributed by atoms with Crippen LogP contribution in [0.5, 0.6) is 5.75 Å². The Labute approximate surface area is 144 Å². The van der Waals surface area contributed by atoms with Crippen LogP contribution in [0.3, 0.4) is 0 Å². The predicted molar refractivity (Wildman–Crippen MR) is 94.9 cm³/mol. The highest BCUT2D eigenvalue weighted by molar-refractivity contribution is 6.31. The summed E-state index contributed by atoms with van der Waals surface area (Å²) in [6.07, 6.45) is 5.01. The van der Waals surface area contributed by atoms with Crippen molar-refractivity contribution < 1.29 is 4.74 Å². The lowest BCUT2D eigenvalue weighted by Crippen LogP contribution is -2.03. The number of pyridine rings is 1. The third-order valence-corrected chi connectivity index (χ3v) is 3.55. The van der Waals surface area contributed by atoms with Crippen LogP contribution in [-0.2, 0) is 6.54 Å². The highest BCUT2D eigenvalue weighted by atomic mass is 35.5. The standard InChI is InChI=1S/C17H16ClN5O/c1-24-15-3-2-13(18)8-14(15)23-17-9-16(21-11-22-17)20-10-12-4-6-19-7-5-12/h2-9,11H,10H2,1H3,(H2,20,21,22,23). The summed E-state index contributed by atoms with van der Waals surface area (Å²) in [5.74, 6) is 2.04. The van der Waals surface area contributed by atoms with Gasteiger partial charge in [0.25, 0.3) is 0 Å². The molecule has 0 aliphatic rings. The van der Waals surface area contributed by atoms with Crippen LogP contribution in [0.25, 0.3) is 0 Å². The first kappa shape index (κ1) is 16.0. The summed E-state index contributed by atoms with van der Waals surface area (Å²) in [4.78, 5) is 12.4. The zero-order valence-electron chi connectivity index (χ0n) is 13.0. The van der Waals surface area contributed by atoms with Gasteiger partial charge < -0.3 is 15.4 Å². The highest BCUT2D eigenvalue weighted by Crippen LogP contribution is 2.30. The summed E-state index contributed by atoms with van der Waals surface area (Å²) in [6.45, 7) is 0.652. The fourth-order valence-electron chi connectivity index (χ4n) is 2.13. The van der Waals surface area contributed by atoms with E-state index in [4.69, 9.17) is 16.3 Å². The molecule has 2 N–H and O–H groups in total. The second-order valence-electron chi connectivity index (χ2n) is 4.97. The molecule has 122 valence electrons. The van der Waals surface area contributed by atoms with Gasteiger partial charge in [-0.25, -0.2) is 9.97 Å². The van der Waals surface area contributed by atoms with Gasteiger partial charge in [-0.15, -0.1) is 0 Å². The smallest absolute Gasteiger partial charge is 0.142 e. The Balaban J connectivity index is 1.72. The molecule has 0 unspecified atom stereocenters. The van der Waals surface area contributed by atoms with Gasteiger partial charge in [-0.1, -0.05) is 11.6 Å². The number of methoxy groups -OCH3 is 1. The molecule has 2 aromatic heterocycles. The molecule has 0 fully saturated rings. The molecule has 0 bridgehead atoms. The van der Waals surface area contributed by atoms with Crippen molar-refractivity contribution in [2.45, 2.75) is 6.54 Å². The van der Waals surface area contributed by atoms with Crippen molar-refractivity contribution in [3.8, 4) is 5.75 Å². The minimum atomic E-state index is 0.614. The summed E-state index contributed by atoms with van der Waals surface area (Å²) in [7, 11) is 1.61. The van der Waals surface area contributed by atoms with E-state index in [1.165, 1.54) is 6.33 Å². The SMILES string of the molecule is COc1ccc(Cl)cc1Nc1cc(NCc2ccncc2)ncn1. The number of halogens is 1. The molecule has 0 radical (unpaired) electrons. The van der Waals surface area contributed by atoms with Gasteiger partial charge in [0.15, 0.2) is 0 Å². The van der Waals surface area contributed by atoms with Crippen molar-refractivity contribution >= 4 is 28.9 Å². The Hall–Kier alpha value is -2.86. The number of hydrogen-bond acceptors (Lipinski definition) is 6. The lowest BCUT2D eigenvalue weighted by atomic mass is 10.2. The van der Waals surface area contributed by atoms with Crippen LogP contribution in [0.1, 0.15) is 5.56 Å². The summed E-state index contributed by atoms with van der Waals surface area (Å²) >= 11 is 6.04. The van der Waals surface area contributed by atoms with Gasteiger partial charge in [0.1, 0.15) is 23.7 Å². The topological polar surface area (TPSA) is 72.0 Å². The number of aromatic nitrogens is 3. The molecule has 0 aliphatic heterocycles. The molecule has 0 aliphatic carbocycles. The predicted octanol–water partition coefficient (Wildman–Crippen LogP) is 3.89. The quantitative estimate of drug-likeness (QED) is 0.708. The Morgan fingerprint density at radius 3 is 2.62 bits per heavy atom. The average Bonchev–Trinajstić information content (AvgIpc) is 2.61. The molecule has 7 heteroatoms. The van der Waals surface area contributed by atoms with Crippen LogP contribution >= 0.6 is 11.6 Å². The average molecular weight is 342 g/mol. The van der Waals surface area contributed by atoms with Crippen molar-refractivity contribution in [2.24, 2.45) is 0 Å². The Morgan fingerprint density at radius 2 is 1.83 bits per heavy atom. The fraction of sp³-hybridized carbons (Fsp3) is 0.118. The molecule has 0 atom stereocenters. The Bertz CT molecular complexity index is 813. The van der Waals surface area contributed by atoms with E-state index >= 15 is 0 Å². The zero-order chi connectivity index (χ0) is 16.8. The van der Waals surface area contributed by atoms with Gasteiger partial charge in [-0.05, 0) is 35.9 Å². The van der Waals surface area contributed by atoms with Crippen LogP contribution in [0, 0.1) is 0 Å². The molecule has 3 aromatic rings. The molecule has 1 aromatic carbocycles. The van der Waals surface area contributed by atoms with Crippen molar-refractivity contribution in [1.29, 1.82) is 0 Å². The summed E-state index contributed by atoms with van der Waals surface area (Å²) in [6, 6.07) is 11.1. The second-order valence-corrected chi connectivity index (χ2v) is 5.40. The van der Waals surface area contributed by atoms with Crippen LogP contribution in [0.4, 0.5) is 17.3 Å². The summed E-state index contributed by atoms with van der Waals surface area (Å²) in [5.41, 5.74) is 1.86. The second kappa shape index (κ2) is 7.61. The molecule has 24 heavy (non-hydrogen) atoms. The van der Waals surface area contributed by atoms with Crippen LogP contribution in [0.2, 0.25) is 5.02 Å². The first-order valence-electron chi connectivity index (χ1n) is 7.30. The van der Waals surface area contributed by atoms with Gasteiger partial charge in [0.05, 0.1) is 12.8 Å². The third kappa shape index (κ3) is 4.11. The van der Waals surface area contributed by atoms with Crippen LogP contribution in [-0.4, -0.2) is 22.1 Å². The molecule has 0 spiro atoms. The van der Waals surface area contributed by atoms with E-state index in [9.17, 15) is 0 Å². The lowest BCUT2D eigenvalue weighted by Gasteiger charge is -2.12. The van der Waals surface area contributed by atoms with E-state index < -0.39 is 0 Å². The molecular weight excluding hydrogens is 326 g/mol. The Kier molecular flexibility index (Phi) is 5.08. The van der Waals surface area contributed by atoms with E-state index in [2.05, 4.69) is 25.6 Å². The fourth-order valence-corrected chi connectivity index (χ4v) is 2.30. The zero-order valence-corrected chi connectivity index (χ0v) is 13.8. The van der Waals surface area contributed by atoms with Gasteiger partial charge in [-0.2, -0.15) is 0 Å². The largest absolute Gasteiger partial charge is 0.495 e. The molecule has 3 rings (SSSR count). The number of hydrogen-bond donors (Lipinski definition) is 2. The van der Waals surface area contributed by atoms with Gasteiger partial charge in [0.2, 0.25) is 0 Å². The van der Waals surface area contributed by atoms with E-state index in [1.807, 2.05) is 18.2 Å². The summed E-state index contributed by atoms with van der Waals surface area (Å²) < 4.78 is 5.32. The minimum Gasteiger partial charge on any atom is -0.495 e. The van der Waals surface area contributed by atoms with Crippen molar-refractivity contribution in [1.82, 2.24) is 15.0 Å². The molecule has 2 heterocycles.